The van der Waals surface area contributed by atoms with Gasteiger partial charge >= 0.3 is 0 Å². The lowest BCUT2D eigenvalue weighted by Crippen LogP contribution is -2.04. The Labute approximate surface area is 357 Å². The molecule has 0 spiro atoms. The lowest BCUT2D eigenvalue weighted by atomic mass is 9.91. The summed E-state index contributed by atoms with van der Waals surface area (Å²) in [6.45, 7) is 2.28. The van der Waals surface area contributed by atoms with E-state index in [0.29, 0.717) is 11.9 Å². The fourth-order valence-electron chi connectivity index (χ4n) is 10.0. The molecule has 0 aliphatic heterocycles. The van der Waals surface area contributed by atoms with Crippen molar-refractivity contribution >= 4 is 71.6 Å². The lowest BCUT2D eigenvalue weighted by Gasteiger charge is -2.14. The molecule has 1 aliphatic rings. The molecule has 5 heteroatoms. The molecule has 0 saturated carbocycles. The van der Waals surface area contributed by atoms with Gasteiger partial charge in [-0.1, -0.05) is 153 Å². The number of aromatic nitrogens is 4. The summed E-state index contributed by atoms with van der Waals surface area (Å²) in [4.78, 5) is 10.9. The molecule has 0 radical (unpaired) electrons. The van der Waals surface area contributed by atoms with Gasteiger partial charge in [-0.05, 0) is 83.1 Å². The zero-order valence-electron chi connectivity index (χ0n) is 34.0. The van der Waals surface area contributed by atoms with Crippen LogP contribution in [-0.2, 0) is 6.42 Å². The smallest absolute Gasteiger partial charge is 0.235 e. The third kappa shape index (κ3) is 5.21. The maximum absolute atomic E-state index is 6.98. The van der Waals surface area contributed by atoms with Crippen molar-refractivity contribution in [2.24, 2.45) is 5.92 Å². The first-order valence-electron chi connectivity index (χ1n) is 21.4. The van der Waals surface area contributed by atoms with Gasteiger partial charge in [0.15, 0.2) is 5.58 Å². The molecule has 62 heavy (non-hydrogen) atoms. The molecule has 1 aliphatic carbocycles. The number of allylic oxidation sites excluding steroid dienone is 1. The van der Waals surface area contributed by atoms with Gasteiger partial charge in [0, 0.05) is 49.1 Å². The van der Waals surface area contributed by atoms with Crippen LogP contribution in [0, 0.1) is 5.92 Å². The first kappa shape index (κ1) is 34.8. The predicted molar refractivity (Wildman–Crippen MR) is 256 cm³/mol. The first-order chi connectivity index (χ1) is 30.7. The Hall–Kier alpha value is -8.02. The van der Waals surface area contributed by atoms with E-state index in [4.69, 9.17) is 14.4 Å². The predicted octanol–water partition coefficient (Wildman–Crippen LogP) is 14.8. The van der Waals surface area contributed by atoms with Gasteiger partial charge in [-0.25, -0.2) is 9.97 Å². The molecule has 4 aromatic heterocycles. The second kappa shape index (κ2) is 13.5. The summed E-state index contributed by atoms with van der Waals surface area (Å²) in [7, 11) is 0. The van der Waals surface area contributed by atoms with Crippen LogP contribution < -0.4 is 0 Å². The van der Waals surface area contributed by atoms with Crippen molar-refractivity contribution in [1.82, 2.24) is 19.1 Å². The normalized spacial score (nSPS) is 13.9. The second-order valence-electron chi connectivity index (χ2n) is 16.6. The van der Waals surface area contributed by atoms with Gasteiger partial charge in [-0.2, -0.15) is 0 Å². The van der Waals surface area contributed by atoms with Crippen molar-refractivity contribution in [3.05, 3.63) is 199 Å². The Bertz CT molecular complexity index is 3720. The summed E-state index contributed by atoms with van der Waals surface area (Å²) >= 11 is 0. The number of para-hydroxylation sites is 4. The molecule has 0 bridgehead atoms. The number of benzene rings is 8. The molecular weight excluding hydrogens is 757 g/mol. The molecule has 1 unspecified atom stereocenters. The van der Waals surface area contributed by atoms with Crippen molar-refractivity contribution < 1.29 is 4.42 Å². The largest absolute Gasteiger partial charge is 0.454 e. The van der Waals surface area contributed by atoms with E-state index in [1.165, 1.54) is 38.5 Å². The van der Waals surface area contributed by atoms with Crippen LogP contribution in [0.15, 0.2) is 192 Å². The number of hydrogen-bond acceptors (Lipinski definition) is 3. The van der Waals surface area contributed by atoms with Gasteiger partial charge in [0.1, 0.15) is 11.3 Å². The summed E-state index contributed by atoms with van der Waals surface area (Å²) in [6, 6.07) is 65.1. The number of fused-ring (bicyclic) bond motifs is 11. The Morgan fingerprint density at radius 1 is 0.516 bits per heavy atom. The van der Waals surface area contributed by atoms with Crippen molar-refractivity contribution in [2.45, 2.75) is 13.3 Å². The zero-order chi connectivity index (χ0) is 40.9. The molecule has 8 aromatic carbocycles. The highest BCUT2D eigenvalue weighted by molar-refractivity contribution is 6.23. The highest BCUT2D eigenvalue weighted by Gasteiger charge is 2.27. The van der Waals surface area contributed by atoms with Gasteiger partial charge in [-0.15, -0.1) is 0 Å². The number of furan rings is 1. The summed E-state index contributed by atoms with van der Waals surface area (Å²) in [6.07, 6.45) is 5.33. The molecule has 12 aromatic rings. The topological polar surface area (TPSA) is 48.8 Å². The van der Waals surface area contributed by atoms with Crippen LogP contribution in [0.3, 0.4) is 0 Å². The molecular formula is C57H38N4O. The minimum Gasteiger partial charge on any atom is -0.454 e. The monoisotopic (exact) mass is 794 g/mol. The fourth-order valence-corrected chi connectivity index (χ4v) is 10.0. The first-order valence-corrected chi connectivity index (χ1v) is 21.4. The second-order valence-corrected chi connectivity index (χ2v) is 16.6. The van der Waals surface area contributed by atoms with E-state index in [0.717, 1.165) is 83.9 Å². The van der Waals surface area contributed by atoms with Crippen LogP contribution in [0.2, 0.25) is 0 Å². The molecule has 0 fully saturated rings. The average Bonchev–Trinajstić information content (AvgIpc) is 3.99. The highest BCUT2D eigenvalue weighted by Crippen LogP contribution is 2.46. The van der Waals surface area contributed by atoms with E-state index in [9.17, 15) is 0 Å². The van der Waals surface area contributed by atoms with E-state index < -0.39 is 0 Å². The highest BCUT2D eigenvalue weighted by atomic mass is 16.3. The Morgan fingerprint density at radius 3 is 1.82 bits per heavy atom. The quantitative estimate of drug-likeness (QED) is 0.174. The Morgan fingerprint density at radius 2 is 1.10 bits per heavy atom. The van der Waals surface area contributed by atoms with Crippen molar-refractivity contribution in [3.63, 3.8) is 0 Å². The minimum atomic E-state index is 0.401. The summed E-state index contributed by atoms with van der Waals surface area (Å²) in [5, 5.41) is 6.88. The third-order valence-corrected chi connectivity index (χ3v) is 12.9. The van der Waals surface area contributed by atoms with Crippen LogP contribution in [0.5, 0.6) is 0 Å². The molecule has 0 N–H and O–H groups in total. The van der Waals surface area contributed by atoms with Gasteiger partial charge in [0.2, 0.25) is 5.95 Å². The van der Waals surface area contributed by atoms with E-state index >= 15 is 0 Å². The lowest BCUT2D eigenvalue weighted by molar-refractivity contribution is 0.585. The fraction of sp³-hybridized carbons (Fsp3) is 0.0526. The summed E-state index contributed by atoms with van der Waals surface area (Å²) in [5.74, 6) is 1.93. The molecule has 5 nitrogen and oxygen atoms in total. The summed E-state index contributed by atoms with van der Waals surface area (Å²) in [5.41, 5.74) is 15.1. The van der Waals surface area contributed by atoms with E-state index in [-0.39, 0.29) is 0 Å². The number of hydrogen-bond donors (Lipinski definition) is 0. The van der Waals surface area contributed by atoms with Crippen molar-refractivity contribution in [3.8, 4) is 45.1 Å². The van der Waals surface area contributed by atoms with Crippen LogP contribution in [0.1, 0.15) is 18.2 Å². The molecule has 0 amide bonds. The van der Waals surface area contributed by atoms with Crippen LogP contribution >= 0.6 is 0 Å². The van der Waals surface area contributed by atoms with Gasteiger partial charge < -0.3 is 8.98 Å². The molecule has 4 heterocycles. The van der Waals surface area contributed by atoms with Crippen LogP contribution in [0.25, 0.3) is 117 Å². The SMILES string of the molecule is CC1C=Cc2oc3c(cc(-c4ccc(-n5c6ccccc6c6ccccc65)cc4)c4c5ccccc5n(-c5nc(-c6ccc(-c7ccccc7)cc6)c6ccccc6n5)c34)c2C1. The van der Waals surface area contributed by atoms with Gasteiger partial charge in [0.25, 0.3) is 0 Å². The van der Waals surface area contributed by atoms with E-state index in [1.807, 2.05) is 0 Å². The molecule has 292 valence electrons. The van der Waals surface area contributed by atoms with Crippen LogP contribution in [0.4, 0.5) is 0 Å². The van der Waals surface area contributed by atoms with Crippen molar-refractivity contribution in [2.75, 3.05) is 0 Å². The number of nitrogens with zero attached hydrogens (tertiary/aromatic N) is 4. The van der Waals surface area contributed by atoms with Gasteiger partial charge in [0.05, 0.1) is 27.8 Å². The standard InChI is InChI=1S/C57H38N4O/c1-35-23-32-52-46(33-35)47-34-45(38-28-30-40(31-29-38)60-49-20-10-6-15-41(49)42-16-7-11-21-50(42)60)53-44-18-8-12-22-51(44)61(55(53)56(47)62-52)57-58-48-19-9-5-17-43(48)54(59-57)39-26-24-37(25-27-39)36-13-3-2-4-14-36/h2-32,34-35H,33H2,1H3. The molecule has 13 rings (SSSR count). The maximum Gasteiger partial charge on any atom is 0.235 e. The molecule has 1 atom stereocenters. The summed E-state index contributed by atoms with van der Waals surface area (Å²) < 4.78 is 11.6. The average molecular weight is 795 g/mol. The Balaban J connectivity index is 1.07. The Kier molecular flexibility index (Phi) is 7.58. The van der Waals surface area contributed by atoms with Crippen molar-refractivity contribution in [1.29, 1.82) is 0 Å². The number of rotatable bonds is 5. The molecule has 0 saturated heterocycles. The van der Waals surface area contributed by atoms with E-state index in [1.54, 1.807) is 0 Å². The minimum absolute atomic E-state index is 0.401. The van der Waals surface area contributed by atoms with Crippen LogP contribution in [-0.4, -0.2) is 19.1 Å². The van der Waals surface area contributed by atoms with E-state index in [2.05, 4.69) is 210 Å². The maximum atomic E-state index is 6.98. The third-order valence-electron chi connectivity index (χ3n) is 12.9. The van der Waals surface area contributed by atoms with Gasteiger partial charge in [-0.3, -0.25) is 4.57 Å². The zero-order valence-corrected chi connectivity index (χ0v) is 34.0.